The van der Waals surface area contributed by atoms with E-state index in [2.05, 4.69) is 20.8 Å². The predicted octanol–water partition coefficient (Wildman–Crippen LogP) is 5.18. The molecule has 0 aromatic heterocycles. The smallest absolute Gasteiger partial charge is 0.457 e. The van der Waals surface area contributed by atoms with Crippen molar-refractivity contribution in [2.75, 3.05) is 19.6 Å². The molecule has 270 valence electrons. The van der Waals surface area contributed by atoms with Crippen LogP contribution in [0.1, 0.15) is 103 Å². The number of rotatable bonds is 7. The average molecular weight is 683 g/mol. The molecule has 3 saturated heterocycles. The van der Waals surface area contributed by atoms with Gasteiger partial charge in [-0.1, -0.05) is 19.9 Å². The maximum absolute atomic E-state index is 13.6. The largest absolute Gasteiger partial charge is 0.486 e. The highest BCUT2D eigenvalue weighted by Crippen LogP contribution is 2.65. The summed E-state index contributed by atoms with van der Waals surface area (Å²) in [4.78, 5) is 42.7. The minimum atomic E-state index is -1.01. The summed E-state index contributed by atoms with van der Waals surface area (Å²) >= 11 is 0. The van der Waals surface area contributed by atoms with Crippen molar-refractivity contribution in [2.45, 2.75) is 142 Å². The van der Waals surface area contributed by atoms with Crippen LogP contribution in [0.15, 0.2) is 12.1 Å². The zero-order chi connectivity index (χ0) is 35.8. The molecule has 2 bridgehead atoms. The van der Waals surface area contributed by atoms with Crippen molar-refractivity contribution in [2.24, 2.45) is 17.3 Å². The molecule has 6 fully saturated rings. The molecule has 3 heterocycles. The highest BCUT2D eigenvalue weighted by Gasteiger charge is 2.67. The van der Waals surface area contributed by atoms with Crippen molar-refractivity contribution in [1.82, 2.24) is 9.80 Å². The van der Waals surface area contributed by atoms with E-state index in [1.54, 1.807) is 25.7 Å². The number of hydrogen-bond acceptors (Lipinski definition) is 9. The maximum atomic E-state index is 13.6. The first-order valence-electron chi connectivity index (χ1n) is 18.0. The van der Waals surface area contributed by atoms with E-state index in [-0.39, 0.29) is 55.9 Å². The molecule has 1 N–H and O–H groups in total. The summed E-state index contributed by atoms with van der Waals surface area (Å²) in [7, 11) is -0.298. The van der Waals surface area contributed by atoms with E-state index in [0.29, 0.717) is 42.3 Å². The second-order valence-electron chi connectivity index (χ2n) is 17.6. The molecule has 0 spiro atoms. The fraction of sp³-hybridized carbons (Fsp3) is 0.757. The maximum Gasteiger partial charge on any atom is 0.457 e. The van der Waals surface area contributed by atoms with Crippen LogP contribution in [-0.2, 0) is 30.0 Å². The zero-order valence-corrected chi connectivity index (χ0v) is 31.0. The van der Waals surface area contributed by atoms with E-state index >= 15 is 0 Å². The van der Waals surface area contributed by atoms with Crippen LogP contribution >= 0.6 is 0 Å². The van der Waals surface area contributed by atoms with Crippen LogP contribution in [0.3, 0.4) is 0 Å². The summed E-state index contributed by atoms with van der Waals surface area (Å²) in [6.45, 7) is 20.4. The molecule has 6 aliphatic rings. The van der Waals surface area contributed by atoms with Crippen LogP contribution in [-0.4, -0.2) is 101 Å². The molecule has 12 heteroatoms. The monoisotopic (exact) mass is 682 g/mol. The quantitative estimate of drug-likeness (QED) is 0.306. The Morgan fingerprint density at radius 3 is 2.33 bits per heavy atom. The molecule has 11 nitrogen and oxygen atoms in total. The van der Waals surface area contributed by atoms with Gasteiger partial charge in [0.1, 0.15) is 34.7 Å². The molecule has 7 rings (SSSR count). The summed E-state index contributed by atoms with van der Waals surface area (Å²) in [5, 5.41) is 10.6. The number of nitrogens with zero attached hydrogens (tertiary/aromatic N) is 2. The number of aliphatic hydroxyl groups excluding tert-OH is 1. The molecule has 49 heavy (non-hydrogen) atoms. The van der Waals surface area contributed by atoms with Crippen LogP contribution < -0.4 is 4.74 Å². The van der Waals surface area contributed by atoms with Gasteiger partial charge in [0.25, 0.3) is 0 Å². The number of carbonyl (C=O) groups is 3. The summed E-state index contributed by atoms with van der Waals surface area (Å²) in [5.41, 5.74) is 0.736. The molecular formula is C37H55BN2O9. The molecule has 1 aromatic rings. The number of hydrogen-bond donors (Lipinski definition) is 1. The van der Waals surface area contributed by atoms with Crippen molar-refractivity contribution in [1.29, 1.82) is 0 Å². The number of carbonyl (C=O) groups excluding carboxylic acids is 3. The highest BCUT2D eigenvalue weighted by atomic mass is 16.7. The summed E-state index contributed by atoms with van der Waals surface area (Å²) in [6, 6.07) is 2.79. The number of likely N-dealkylation sites (tertiary alicyclic amines) is 2. The van der Waals surface area contributed by atoms with Gasteiger partial charge in [0.05, 0.1) is 30.9 Å². The average Bonchev–Trinajstić information content (AvgIpc) is 3.50. The van der Waals surface area contributed by atoms with Crippen molar-refractivity contribution >= 4 is 25.1 Å². The van der Waals surface area contributed by atoms with Crippen LogP contribution in [0, 0.1) is 24.2 Å². The normalized spacial score (nSPS) is 30.8. The van der Waals surface area contributed by atoms with Gasteiger partial charge in [-0.2, -0.15) is 0 Å². The standard InChI is InChI=1S/C37H55BN2O9/c1-21-22(13-15-38-48-28-18-23-17-27(36(23,8)9)37(28,10)49-38)11-12-26(29(21)32(43)46-34(2,3)4)45-24-19-39(20-24)31(42)30-25(41)14-16-40(30)33(44)47-35(5,6)7/h11-12,23-25,27-28,30,41H,13-20H2,1-10H3/t23-,25+,27-,28+,30-,37-/m0/s1. The molecule has 3 aliphatic carbocycles. The topological polar surface area (TPSA) is 124 Å². The number of esters is 1. The molecule has 0 unspecified atom stereocenters. The Morgan fingerprint density at radius 2 is 1.69 bits per heavy atom. The van der Waals surface area contributed by atoms with Crippen LogP contribution in [0.4, 0.5) is 4.79 Å². The third-order valence-corrected chi connectivity index (χ3v) is 11.5. The molecule has 3 saturated carbocycles. The van der Waals surface area contributed by atoms with E-state index in [9.17, 15) is 19.5 Å². The predicted molar refractivity (Wildman–Crippen MR) is 183 cm³/mol. The fourth-order valence-corrected chi connectivity index (χ4v) is 8.69. The van der Waals surface area contributed by atoms with E-state index in [4.69, 9.17) is 23.5 Å². The van der Waals surface area contributed by atoms with Gasteiger partial charge in [0.2, 0.25) is 5.91 Å². The Balaban J connectivity index is 1.12. The Kier molecular flexibility index (Phi) is 9.14. The van der Waals surface area contributed by atoms with Crippen LogP contribution in [0.2, 0.25) is 6.32 Å². The van der Waals surface area contributed by atoms with Crippen molar-refractivity contribution in [3.63, 3.8) is 0 Å². The van der Waals surface area contributed by atoms with Crippen molar-refractivity contribution in [3.8, 4) is 5.75 Å². The van der Waals surface area contributed by atoms with Crippen LogP contribution in [0.5, 0.6) is 5.75 Å². The lowest BCUT2D eigenvalue weighted by molar-refractivity contribution is -0.199. The van der Waals surface area contributed by atoms with Crippen molar-refractivity contribution in [3.05, 3.63) is 28.8 Å². The number of aryl methyl sites for hydroxylation is 1. The third kappa shape index (κ3) is 6.81. The Morgan fingerprint density at radius 1 is 1.02 bits per heavy atom. The lowest BCUT2D eigenvalue weighted by Crippen LogP contribution is -2.65. The zero-order valence-electron chi connectivity index (χ0n) is 31.0. The second-order valence-corrected chi connectivity index (χ2v) is 17.6. The van der Waals surface area contributed by atoms with E-state index in [1.165, 1.54) is 11.3 Å². The van der Waals surface area contributed by atoms with Gasteiger partial charge in [-0.15, -0.1) is 0 Å². The van der Waals surface area contributed by atoms with Gasteiger partial charge in [-0.3, -0.25) is 9.69 Å². The fourth-order valence-electron chi connectivity index (χ4n) is 8.69. The number of aliphatic hydroxyl groups is 1. The van der Waals surface area contributed by atoms with Gasteiger partial charge >= 0.3 is 19.2 Å². The summed E-state index contributed by atoms with van der Waals surface area (Å²) in [6.07, 6.45) is 2.03. The SMILES string of the molecule is Cc1c(CCB2O[C@@H]3C[C@@H]4C[C@@H](C4(C)C)[C@]3(C)O2)ccc(OC2CN(C(=O)[C@@H]3[C@H](O)CCN3C(=O)OC(C)(C)C)C2)c1C(=O)OC(C)(C)C. The summed E-state index contributed by atoms with van der Waals surface area (Å²) in [5.74, 6) is 0.769. The first-order chi connectivity index (χ1) is 22.7. The minimum absolute atomic E-state index is 0.120. The Hall–Kier alpha value is -2.83. The van der Waals surface area contributed by atoms with Gasteiger partial charge in [0.15, 0.2) is 0 Å². The molecule has 3 aliphatic heterocycles. The third-order valence-electron chi connectivity index (χ3n) is 11.5. The molecule has 0 radical (unpaired) electrons. The number of benzene rings is 1. The van der Waals surface area contributed by atoms with Crippen molar-refractivity contribution < 1.29 is 43.0 Å². The van der Waals surface area contributed by atoms with Gasteiger partial charge < -0.3 is 33.5 Å². The number of amides is 2. The van der Waals surface area contributed by atoms with E-state index in [1.807, 2.05) is 39.8 Å². The first-order valence-corrected chi connectivity index (χ1v) is 18.0. The Bertz CT molecular complexity index is 1480. The van der Waals surface area contributed by atoms with E-state index in [0.717, 1.165) is 17.5 Å². The first kappa shape index (κ1) is 36.0. The molecule has 1 aromatic carbocycles. The Labute approximate surface area is 291 Å². The summed E-state index contributed by atoms with van der Waals surface area (Å²) < 4.78 is 30.8. The van der Waals surface area contributed by atoms with Gasteiger partial charge in [-0.05, 0) is 122 Å². The molecule has 6 atom stereocenters. The van der Waals surface area contributed by atoms with E-state index < -0.39 is 35.4 Å². The van der Waals surface area contributed by atoms with Gasteiger partial charge in [0, 0.05) is 6.54 Å². The second kappa shape index (κ2) is 12.4. The van der Waals surface area contributed by atoms with Crippen LogP contribution in [0.25, 0.3) is 0 Å². The lowest BCUT2D eigenvalue weighted by Gasteiger charge is -2.64. The molecular weight excluding hydrogens is 627 g/mol. The van der Waals surface area contributed by atoms with Gasteiger partial charge in [-0.25, -0.2) is 9.59 Å². The number of ether oxygens (including phenoxy) is 3. The lowest BCUT2D eigenvalue weighted by atomic mass is 9.43. The highest BCUT2D eigenvalue weighted by molar-refractivity contribution is 6.45. The minimum Gasteiger partial charge on any atom is -0.486 e. The molecule has 2 amide bonds.